The molecule has 0 radical (unpaired) electrons. The number of carbonyl (C=O) groups is 13. The molecule has 3 fully saturated rings. The highest BCUT2D eigenvalue weighted by atomic mass is 35.5. The van der Waals surface area contributed by atoms with Crippen molar-refractivity contribution in [3.05, 3.63) is 65.4 Å². The molecule has 110 heavy (non-hydrogen) atoms. The summed E-state index contributed by atoms with van der Waals surface area (Å²) in [5, 5.41) is 85.1. The van der Waals surface area contributed by atoms with Crippen LogP contribution in [0.15, 0.2) is 59.8 Å². The molecule has 0 spiro atoms. The minimum Gasteiger partial charge on any atom is -0.462 e. The number of methoxy groups -OCH3 is 2. The highest BCUT2D eigenvalue weighted by Gasteiger charge is 2.49. The minimum atomic E-state index is -2.44. The number of alkyl halides is 1. The molecule has 19 N–H and O–H groups in total. The molecule has 23 atom stereocenters. The van der Waals surface area contributed by atoms with Crippen molar-refractivity contribution < 1.29 is 117 Å². The molecule has 0 saturated carbocycles. The van der Waals surface area contributed by atoms with Crippen LogP contribution < -0.4 is 64.1 Å². The topological polar surface area (TPSA) is 556 Å². The zero-order valence-corrected chi connectivity index (χ0v) is 65.6. The molecule has 12 amide bonds. The molecular formula is C72H112ClN13O24. The van der Waals surface area contributed by atoms with E-state index >= 15 is 19.2 Å². The van der Waals surface area contributed by atoms with Crippen LogP contribution >= 0.6 is 11.6 Å². The molecule has 616 valence electrons. The number of rotatable bonds is 28. The maximum Gasteiger partial charge on any atom is 0.329 e. The first-order valence-electron chi connectivity index (χ1n) is 36.1. The Labute approximate surface area is 643 Å². The van der Waals surface area contributed by atoms with Gasteiger partial charge in [0.2, 0.25) is 65.4 Å². The van der Waals surface area contributed by atoms with E-state index in [0.29, 0.717) is 0 Å². The van der Waals surface area contributed by atoms with E-state index in [9.17, 15) is 73.8 Å². The largest absolute Gasteiger partial charge is 0.462 e. The Morgan fingerprint density at radius 1 is 0.855 bits per heavy atom. The first-order chi connectivity index (χ1) is 51.4. The van der Waals surface area contributed by atoms with E-state index in [1.54, 1.807) is 6.92 Å². The van der Waals surface area contributed by atoms with E-state index in [2.05, 4.69) is 47.9 Å². The number of hydrogen-bond donors (Lipinski definition) is 17. The molecule has 38 heteroatoms. The van der Waals surface area contributed by atoms with E-state index in [1.807, 2.05) is 19.9 Å². The quantitative estimate of drug-likeness (QED) is 0.0163. The van der Waals surface area contributed by atoms with Crippen molar-refractivity contribution in [2.75, 3.05) is 47.5 Å². The first kappa shape index (κ1) is 93.6. The summed E-state index contributed by atoms with van der Waals surface area (Å²) >= 11 is 6.82. The summed E-state index contributed by atoms with van der Waals surface area (Å²) in [5.74, 6) is -18.2. The van der Waals surface area contributed by atoms with Crippen LogP contribution in [0.2, 0.25) is 0 Å². The summed E-state index contributed by atoms with van der Waals surface area (Å²) in [7, 11) is 3.45. The van der Waals surface area contributed by atoms with Gasteiger partial charge in [0.15, 0.2) is 5.60 Å². The number of cyclic esters (lactones) is 1. The normalized spacial score (nSPS) is 27.8. The number of esters is 1. The van der Waals surface area contributed by atoms with E-state index in [1.165, 1.54) is 106 Å². The second-order valence-electron chi connectivity index (χ2n) is 28.5. The van der Waals surface area contributed by atoms with Gasteiger partial charge in [0.1, 0.15) is 96.4 Å². The van der Waals surface area contributed by atoms with Crippen LogP contribution in [0.3, 0.4) is 0 Å². The molecule has 1 aromatic carbocycles. The molecule has 3 heterocycles. The van der Waals surface area contributed by atoms with Crippen LogP contribution in [0.1, 0.15) is 121 Å². The lowest BCUT2D eigenvalue weighted by Gasteiger charge is -2.41. The van der Waals surface area contributed by atoms with Gasteiger partial charge in [-0.05, 0) is 96.8 Å². The third-order valence-corrected chi connectivity index (χ3v) is 19.7. The number of hydrogen-bond acceptors (Lipinski definition) is 25. The van der Waals surface area contributed by atoms with Gasteiger partial charge in [0.05, 0.1) is 31.9 Å². The number of nitrogens with zero attached hydrogens (tertiary/aromatic N) is 2. The number of benzene rings is 1. The predicted molar refractivity (Wildman–Crippen MR) is 394 cm³/mol. The van der Waals surface area contributed by atoms with Gasteiger partial charge in [-0.2, -0.15) is 0 Å². The summed E-state index contributed by atoms with van der Waals surface area (Å²) in [4.78, 5) is 188. The number of carbonyl (C=O) groups excluding carboxylic acids is 13. The van der Waals surface area contributed by atoms with Gasteiger partial charge in [0, 0.05) is 45.1 Å². The average Bonchev–Trinajstić information content (AvgIpc) is 0.787. The molecule has 4 rings (SSSR count). The SMILES string of the molecule is C/C=C(/NC(=O)CNC(=O)C(C)(O)C(O)/C=C\C(C)=C\C(C)CC)C(=O)N[C@H](C(=O)N[C@H](C(=O)N[C@H]1C(=O)NC(COC)C(=O)NCC(=O)N[C@@H](C)C(=O)N(C)C([C@@H](C)O)C(=O)N[C@H](C(OC)c2ccc(O[C@@H]3O[C@@H](C)[C@H](O)[C@@H](O)[C@H]3O)cc2)C(=O)N2CC[C@H](Cl)C[C@H]2C(=O)OC1C(C)C)[C@@H](C)[C@@H](C)C(N)=O)[C@@H](C)N. The Morgan fingerprint density at radius 3 is 2.05 bits per heavy atom. The number of nitrogens with one attached hydrogen (secondary N) is 9. The van der Waals surface area contributed by atoms with Crippen LogP contribution in [0.4, 0.5) is 0 Å². The lowest BCUT2D eigenvalue weighted by Crippen LogP contribution is -2.66. The fraction of sp³-hybridized carbons (Fsp3) is 0.653. The zero-order valence-electron chi connectivity index (χ0n) is 64.8. The third-order valence-electron chi connectivity index (χ3n) is 19.4. The molecule has 37 nitrogen and oxygen atoms in total. The second kappa shape index (κ2) is 42.6. The zero-order chi connectivity index (χ0) is 83.3. The molecule has 3 aliphatic heterocycles. The van der Waals surface area contributed by atoms with Crippen LogP contribution in [-0.4, -0.2) is 279 Å². The minimum absolute atomic E-state index is 0.000863. The van der Waals surface area contributed by atoms with Crippen molar-refractivity contribution in [2.24, 2.45) is 35.1 Å². The fourth-order valence-corrected chi connectivity index (χ4v) is 12.4. The number of likely N-dealkylation sites (N-methyl/N-ethyl adjacent to an activating group) is 1. The van der Waals surface area contributed by atoms with Crippen LogP contribution in [0.25, 0.3) is 0 Å². The van der Waals surface area contributed by atoms with Crippen molar-refractivity contribution in [2.45, 2.75) is 230 Å². The number of ether oxygens (including phenoxy) is 5. The lowest BCUT2D eigenvalue weighted by molar-refractivity contribution is -0.268. The summed E-state index contributed by atoms with van der Waals surface area (Å²) in [5.41, 5.74) is 10.0. The highest BCUT2D eigenvalue weighted by molar-refractivity contribution is 6.21. The number of halogens is 1. The summed E-state index contributed by atoms with van der Waals surface area (Å²) < 4.78 is 28.9. The van der Waals surface area contributed by atoms with Gasteiger partial charge in [-0.3, -0.25) is 57.5 Å². The van der Waals surface area contributed by atoms with Gasteiger partial charge in [-0.25, -0.2) is 4.79 Å². The Morgan fingerprint density at radius 2 is 1.49 bits per heavy atom. The van der Waals surface area contributed by atoms with E-state index in [-0.39, 0.29) is 36.6 Å². The molecule has 0 bridgehead atoms. The maximum atomic E-state index is 15.7. The number of fused-ring (bicyclic) bond motifs is 1. The number of nitrogens with two attached hydrogens (primary N) is 2. The highest BCUT2D eigenvalue weighted by Crippen LogP contribution is 2.32. The van der Waals surface area contributed by atoms with Crippen molar-refractivity contribution in [1.82, 2.24) is 57.7 Å². The van der Waals surface area contributed by atoms with Gasteiger partial charge >= 0.3 is 5.97 Å². The molecule has 0 aromatic heterocycles. The van der Waals surface area contributed by atoms with Crippen molar-refractivity contribution in [3.8, 4) is 5.75 Å². The van der Waals surface area contributed by atoms with Gasteiger partial charge in [0.25, 0.3) is 11.8 Å². The lowest BCUT2D eigenvalue weighted by atomic mass is 9.87. The number of primary amides is 1. The first-order valence-corrected chi connectivity index (χ1v) is 36.6. The Kier molecular flexibility index (Phi) is 36.3. The molecule has 3 aliphatic rings. The molecule has 3 saturated heterocycles. The molecule has 1 aromatic rings. The summed E-state index contributed by atoms with van der Waals surface area (Å²) in [6.07, 6.45) is -7.90. The summed E-state index contributed by atoms with van der Waals surface area (Å²) in [6.45, 7) is 16.0. The maximum absolute atomic E-state index is 15.7. The molecular weight excluding hydrogens is 1470 g/mol. The monoisotopic (exact) mass is 1580 g/mol. The number of aliphatic hydroxyl groups is 6. The Hall–Kier alpha value is -8.76. The Bertz CT molecular complexity index is 3510. The summed E-state index contributed by atoms with van der Waals surface area (Å²) in [6, 6.07) is -10.5. The fourth-order valence-electron chi connectivity index (χ4n) is 12.2. The Balaban J connectivity index is 1.83. The number of aliphatic hydroxyl groups excluding tert-OH is 5. The molecule has 0 aliphatic carbocycles. The van der Waals surface area contributed by atoms with E-state index < -0.39 is 240 Å². The average molecular weight is 1580 g/mol. The van der Waals surface area contributed by atoms with Gasteiger partial charge < -0.3 is 123 Å². The number of allylic oxidation sites excluding steroid dienone is 4. The number of amides is 12. The van der Waals surface area contributed by atoms with Crippen LogP contribution in [0.5, 0.6) is 5.75 Å². The van der Waals surface area contributed by atoms with Gasteiger partial charge in [-0.15, -0.1) is 11.6 Å². The van der Waals surface area contributed by atoms with Crippen molar-refractivity contribution in [1.29, 1.82) is 0 Å². The third kappa shape index (κ3) is 25.4. The van der Waals surface area contributed by atoms with Crippen LogP contribution in [-0.2, 0) is 81.3 Å². The standard InChI is InChI=1S/C72H112ClN13O24/c1-17-33(5)27-34(6)19-24-47(88)72(13,105)71(104)77-30-49(90)79-44(18-2)62(96)82-51(37(9)74)64(98)81-50(35(7)36(8)60(75)94)63(97)83-52-58(32(3)4)110-69(103)46-28-42(73)25-26-86(46)68(102)53(59(107-16)41-20-22-43(23-21-41)109-70-57(93)56(92)55(91)40(12)108-70)84-66(100)54(39(11)87)85(14)67(101)38(10)78-48(89)29-76-61(95)45(31-106-15)80-65(52)99/h18-24,27,32-33,35-40,42,45-47,50-59,70,87-88,91-93,105H,17,25-26,28-31,74H2,1-16H3,(H2,75,94)(H,76,95)(H,77,104)(H,78,89)(H,79,90)(H,80,99)(H,81,98)(H,82,96)(H,83,97)(H,84,100)/b24-19-,34-27+,44-18+/t33?,35-,36+,37+,38-,39+,40-,42-,45?,46-,47?,50-,51-,52+,53+,54?,55-,56+,57+,58?,59?,70-,72?/m0/s1. The van der Waals surface area contributed by atoms with E-state index in [0.717, 1.165) is 49.0 Å². The van der Waals surface area contributed by atoms with E-state index in [4.69, 9.17) is 46.8 Å². The smallest absolute Gasteiger partial charge is 0.329 e. The van der Waals surface area contributed by atoms with Crippen molar-refractivity contribution in [3.63, 3.8) is 0 Å². The number of piperidine rings is 1. The predicted octanol–water partition coefficient (Wildman–Crippen LogP) is -4.44. The molecule has 7 unspecified atom stereocenters. The second-order valence-corrected chi connectivity index (χ2v) is 29.1. The van der Waals surface area contributed by atoms with Crippen molar-refractivity contribution >= 4 is 88.5 Å². The van der Waals surface area contributed by atoms with Crippen LogP contribution in [0, 0.1) is 23.7 Å². The van der Waals surface area contributed by atoms with Gasteiger partial charge in [-0.1, -0.05) is 90.0 Å².